The van der Waals surface area contributed by atoms with Gasteiger partial charge >= 0.3 is 6.18 Å². The van der Waals surface area contributed by atoms with Crippen molar-refractivity contribution in [3.05, 3.63) is 69.7 Å². The van der Waals surface area contributed by atoms with E-state index in [4.69, 9.17) is 0 Å². The maximum atomic E-state index is 12.5. The molecular formula is C18H17BrF3NO2. The lowest BCUT2D eigenvalue weighted by atomic mass is 10.1. The first-order valence-electron chi connectivity index (χ1n) is 7.62. The van der Waals surface area contributed by atoms with Gasteiger partial charge in [-0.3, -0.25) is 4.79 Å². The molecule has 2 aromatic rings. The van der Waals surface area contributed by atoms with Gasteiger partial charge < -0.3 is 10.4 Å². The molecule has 0 aromatic heterocycles. The van der Waals surface area contributed by atoms with Crippen molar-refractivity contribution in [2.45, 2.75) is 25.1 Å². The van der Waals surface area contributed by atoms with E-state index in [0.717, 1.165) is 22.2 Å². The Bertz CT molecular complexity index is 717. The van der Waals surface area contributed by atoms with Gasteiger partial charge in [0, 0.05) is 17.4 Å². The molecule has 2 rings (SSSR count). The molecule has 0 bridgehead atoms. The Labute approximate surface area is 152 Å². The van der Waals surface area contributed by atoms with E-state index < -0.39 is 17.8 Å². The minimum absolute atomic E-state index is 0.0554. The quantitative estimate of drug-likeness (QED) is 0.740. The number of benzene rings is 2. The molecule has 2 aromatic carbocycles. The fourth-order valence-electron chi connectivity index (χ4n) is 2.26. The first kappa shape index (κ1) is 19.5. The van der Waals surface area contributed by atoms with Crippen LogP contribution in [-0.2, 0) is 17.4 Å². The number of hydrogen-bond acceptors (Lipinski definition) is 2. The van der Waals surface area contributed by atoms with Crippen molar-refractivity contribution in [3.63, 3.8) is 0 Å². The molecule has 0 heterocycles. The molecule has 0 spiro atoms. The number of aryl methyl sites for hydroxylation is 1. The van der Waals surface area contributed by atoms with Crippen LogP contribution < -0.4 is 5.32 Å². The summed E-state index contributed by atoms with van der Waals surface area (Å²) in [6.45, 7) is -0.0554. The standard InChI is InChI=1S/C18H17BrF3NO2/c19-15-4-2-1-3-12(15)7-10-17(25)23-11-16(24)13-5-8-14(9-6-13)18(20,21)22/h1-6,8-9,16,24H,7,10-11H2,(H,23,25). The number of aliphatic hydroxyl groups excluding tert-OH is 1. The highest BCUT2D eigenvalue weighted by molar-refractivity contribution is 9.10. The number of carbonyl (C=O) groups is 1. The van der Waals surface area contributed by atoms with Gasteiger partial charge in [0.2, 0.25) is 5.91 Å². The van der Waals surface area contributed by atoms with Crippen molar-refractivity contribution in [1.29, 1.82) is 0 Å². The van der Waals surface area contributed by atoms with Crippen LogP contribution in [0.2, 0.25) is 0 Å². The zero-order valence-corrected chi connectivity index (χ0v) is 14.8. The van der Waals surface area contributed by atoms with Crippen LogP contribution in [0.4, 0.5) is 13.2 Å². The Morgan fingerprint density at radius 3 is 2.36 bits per heavy atom. The van der Waals surface area contributed by atoms with Crippen LogP contribution in [0.5, 0.6) is 0 Å². The van der Waals surface area contributed by atoms with Gasteiger partial charge in [-0.1, -0.05) is 46.3 Å². The number of carbonyl (C=O) groups excluding carboxylic acids is 1. The molecule has 0 aliphatic carbocycles. The van der Waals surface area contributed by atoms with Gasteiger partial charge in [0.1, 0.15) is 0 Å². The minimum Gasteiger partial charge on any atom is -0.387 e. The summed E-state index contributed by atoms with van der Waals surface area (Å²) in [4.78, 5) is 11.9. The van der Waals surface area contributed by atoms with Gasteiger partial charge in [-0.15, -0.1) is 0 Å². The third-order valence-electron chi connectivity index (χ3n) is 3.69. The molecule has 0 aliphatic rings. The van der Waals surface area contributed by atoms with E-state index in [1.807, 2.05) is 24.3 Å². The van der Waals surface area contributed by atoms with E-state index in [9.17, 15) is 23.1 Å². The molecule has 0 aliphatic heterocycles. The minimum atomic E-state index is -4.41. The van der Waals surface area contributed by atoms with Crippen molar-refractivity contribution >= 4 is 21.8 Å². The van der Waals surface area contributed by atoms with Crippen LogP contribution in [0, 0.1) is 0 Å². The number of halogens is 4. The third kappa shape index (κ3) is 5.86. The Balaban J connectivity index is 1.82. The highest BCUT2D eigenvalue weighted by atomic mass is 79.9. The average molecular weight is 416 g/mol. The Morgan fingerprint density at radius 1 is 1.12 bits per heavy atom. The second-order valence-electron chi connectivity index (χ2n) is 5.53. The first-order valence-corrected chi connectivity index (χ1v) is 8.42. The molecule has 25 heavy (non-hydrogen) atoms. The number of alkyl halides is 3. The molecule has 1 unspecified atom stereocenters. The lowest BCUT2D eigenvalue weighted by Crippen LogP contribution is -2.28. The predicted octanol–water partition coefficient (Wildman–Crippen LogP) is 4.25. The van der Waals surface area contributed by atoms with E-state index in [1.54, 1.807) is 0 Å². The van der Waals surface area contributed by atoms with Crippen molar-refractivity contribution < 1.29 is 23.1 Å². The van der Waals surface area contributed by atoms with Crippen LogP contribution >= 0.6 is 15.9 Å². The average Bonchev–Trinajstić information content (AvgIpc) is 2.58. The zero-order valence-electron chi connectivity index (χ0n) is 13.2. The molecule has 1 amide bonds. The van der Waals surface area contributed by atoms with Crippen LogP contribution in [0.1, 0.15) is 29.2 Å². The smallest absolute Gasteiger partial charge is 0.387 e. The molecular weight excluding hydrogens is 399 g/mol. The molecule has 1 atom stereocenters. The molecule has 0 saturated heterocycles. The topological polar surface area (TPSA) is 49.3 Å². The van der Waals surface area contributed by atoms with E-state index >= 15 is 0 Å². The fourth-order valence-corrected chi connectivity index (χ4v) is 2.74. The molecule has 0 fully saturated rings. The van der Waals surface area contributed by atoms with Gasteiger partial charge in [0.15, 0.2) is 0 Å². The van der Waals surface area contributed by atoms with Crippen LogP contribution in [0.15, 0.2) is 53.0 Å². The maximum Gasteiger partial charge on any atom is 0.416 e. The summed E-state index contributed by atoms with van der Waals surface area (Å²) in [7, 11) is 0. The molecule has 7 heteroatoms. The van der Waals surface area contributed by atoms with Gasteiger partial charge in [0.25, 0.3) is 0 Å². The Kier molecular flexibility index (Phi) is 6.61. The molecule has 0 saturated carbocycles. The van der Waals surface area contributed by atoms with Gasteiger partial charge in [-0.2, -0.15) is 13.2 Å². The van der Waals surface area contributed by atoms with Crippen molar-refractivity contribution in [3.8, 4) is 0 Å². The van der Waals surface area contributed by atoms with Gasteiger partial charge in [-0.25, -0.2) is 0 Å². The second-order valence-corrected chi connectivity index (χ2v) is 6.39. The number of rotatable bonds is 6. The van der Waals surface area contributed by atoms with E-state index in [1.165, 1.54) is 12.1 Å². The summed E-state index contributed by atoms with van der Waals surface area (Å²) >= 11 is 3.41. The van der Waals surface area contributed by atoms with Crippen LogP contribution in [0.3, 0.4) is 0 Å². The summed E-state index contributed by atoms with van der Waals surface area (Å²) in [5, 5.41) is 12.6. The van der Waals surface area contributed by atoms with Crippen LogP contribution in [-0.4, -0.2) is 17.6 Å². The SMILES string of the molecule is O=C(CCc1ccccc1Br)NCC(O)c1ccc(C(F)(F)F)cc1. The van der Waals surface area contributed by atoms with Crippen LogP contribution in [0.25, 0.3) is 0 Å². The van der Waals surface area contributed by atoms with Crippen molar-refractivity contribution in [2.75, 3.05) is 6.54 Å². The lowest BCUT2D eigenvalue weighted by Gasteiger charge is -2.14. The Hall–Kier alpha value is -1.86. The summed E-state index contributed by atoms with van der Waals surface area (Å²) < 4.78 is 38.4. The number of amides is 1. The molecule has 0 radical (unpaired) electrons. The fraction of sp³-hybridized carbons (Fsp3) is 0.278. The van der Waals surface area contributed by atoms with E-state index in [0.29, 0.717) is 12.0 Å². The Morgan fingerprint density at radius 2 is 1.76 bits per heavy atom. The summed E-state index contributed by atoms with van der Waals surface area (Å²) in [5.41, 5.74) is 0.543. The predicted molar refractivity (Wildman–Crippen MR) is 91.9 cm³/mol. The van der Waals surface area contributed by atoms with E-state index in [2.05, 4.69) is 21.2 Å². The summed E-state index contributed by atoms with van der Waals surface area (Å²) in [5.74, 6) is -0.235. The van der Waals surface area contributed by atoms with Crippen molar-refractivity contribution in [2.24, 2.45) is 0 Å². The second kappa shape index (κ2) is 8.49. The zero-order chi connectivity index (χ0) is 18.4. The highest BCUT2D eigenvalue weighted by Gasteiger charge is 2.30. The number of nitrogens with one attached hydrogen (secondary N) is 1. The van der Waals surface area contributed by atoms with Gasteiger partial charge in [-0.05, 0) is 35.7 Å². The number of aliphatic hydroxyl groups is 1. The normalized spacial score (nSPS) is 12.7. The van der Waals surface area contributed by atoms with Gasteiger partial charge in [0.05, 0.1) is 11.7 Å². The summed E-state index contributed by atoms with van der Waals surface area (Å²) in [6, 6.07) is 11.8. The first-order chi connectivity index (χ1) is 11.8. The lowest BCUT2D eigenvalue weighted by molar-refractivity contribution is -0.137. The van der Waals surface area contributed by atoms with E-state index in [-0.39, 0.29) is 18.9 Å². The maximum absolute atomic E-state index is 12.5. The summed E-state index contributed by atoms with van der Waals surface area (Å²) in [6.07, 6.45) is -4.68. The highest BCUT2D eigenvalue weighted by Crippen LogP contribution is 2.29. The van der Waals surface area contributed by atoms with Crippen molar-refractivity contribution in [1.82, 2.24) is 5.32 Å². The molecule has 2 N–H and O–H groups in total. The molecule has 134 valence electrons. The number of hydrogen-bond donors (Lipinski definition) is 2. The third-order valence-corrected chi connectivity index (χ3v) is 4.47. The monoisotopic (exact) mass is 415 g/mol. The molecule has 3 nitrogen and oxygen atoms in total. The largest absolute Gasteiger partial charge is 0.416 e.